The van der Waals surface area contributed by atoms with Crippen LogP contribution in [-0.4, -0.2) is 32.5 Å². The lowest BCUT2D eigenvalue weighted by atomic mass is 10.1. The maximum Gasteiger partial charge on any atom is 0.161 e. The van der Waals surface area contributed by atoms with E-state index in [1.54, 1.807) is 26.4 Å². The van der Waals surface area contributed by atoms with Crippen molar-refractivity contribution in [3.63, 3.8) is 0 Å². The SMILES string of the molecule is CCCOCC(O)c1cc(OC)c(OC)cc1Br. The van der Waals surface area contributed by atoms with Crippen molar-refractivity contribution in [1.82, 2.24) is 0 Å². The number of ether oxygens (including phenoxy) is 3. The van der Waals surface area contributed by atoms with Gasteiger partial charge in [-0.1, -0.05) is 22.9 Å². The molecule has 0 spiro atoms. The van der Waals surface area contributed by atoms with E-state index in [1.165, 1.54) is 0 Å². The van der Waals surface area contributed by atoms with E-state index in [0.29, 0.717) is 18.1 Å². The highest BCUT2D eigenvalue weighted by atomic mass is 79.9. The second kappa shape index (κ2) is 7.61. The van der Waals surface area contributed by atoms with Crippen LogP contribution in [0.2, 0.25) is 0 Å². The maximum atomic E-state index is 10.1. The van der Waals surface area contributed by atoms with Crippen LogP contribution in [0.4, 0.5) is 0 Å². The zero-order valence-electron chi connectivity index (χ0n) is 10.9. The predicted octanol–water partition coefficient (Wildman–Crippen LogP) is 2.93. The van der Waals surface area contributed by atoms with E-state index in [0.717, 1.165) is 16.5 Å². The quantitative estimate of drug-likeness (QED) is 0.785. The predicted molar refractivity (Wildman–Crippen MR) is 73.3 cm³/mol. The summed E-state index contributed by atoms with van der Waals surface area (Å²) in [6.07, 6.45) is 0.241. The summed E-state index contributed by atoms with van der Waals surface area (Å²) in [5.41, 5.74) is 0.726. The lowest BCUT2D eigenvalue weighted by molar-refractivity contribution is 0.0359. The Morgan fingerprint density at radius 1 is 1.22 bits per heavy atom. The van der Waals surface area contributed by atoms with E-state index in [2.05, 4.69) is 15.9 Å². The first-order chi connectivity index (χ1) is 8.63. The molecule has 0 aromatic heterocycles. The topological polar surface area (TPSA) is 47.9 Å². The molecule has 0 aliphatic heterocycles. The van der Waals surface area contributed by atoms with Crippen LogP contribution < -0.4 is 9.47 Å². The Morgan fingerprint density at radius 3 is 2.39 bits per heavy atom. The first-order valence-electron chi connectivity index (χ1n) is 5.81. The molecule has 0 heterocycles. The number of hydrogen-bond acceptors (Lipinski definition) is 4. The molecule has 0 aliphatic rings. The Kier molecular flexibility index (Phi) is 6.46. The van der Waals surface area contributed by atoms with Crippen molar-refractivity contribution in [2.75, 3.05) is 27.4 Å². The summed E-state index contributed by atoms with van der Waals surface area (Å²) in [5, 5.41) is 10.1. The van der Waals surface area contributed by atoms with Gasteiger partial charge in [0.15, 0.2) is 11.5 Å². The molecule has 4 nitrogen and oxygen atoms in total. The number of aliphatic hydroxyl groups excluding tert-OH is 1. The Morgan fingerprint density at radius 2 is 1.83 bits per heavy atom. The molecule has 1 aromatic rings. The smallest absolute Gasteiger partial charge is 0.161 e. The molecule has 1 unspecified atom stereocenters. The molecule has 0 radical (unpaired) electrons. The Labute approximate surface area is 116 Å². The Balaban J connectivity index is 2.87. The number of benzene rings is 1. The third-order valence-corrected chi connectivity index (χ3v) is 3.17. The number of methoxy groups -OCH3 is 2. The monoisotopic (exact) mass is 318 g/mol. The van der Waals surface area contributed by atoms with Gasteiger partial charge in [-0.25, -0.2) is 0 Å². The molecule has 0 saturated heterocycles. The normalized spacial score (nSPS) is 12.3. The summed E-state index contributed by atoms with van der Waals surface area (Å²) >= 11 is 3.41. The van der Waals surface area contributed by atoms with Crippen LogP contribution >= 0.6 is 15.9 Å². The molecule has 1 rings (SSSR count). The molecule has 1 aromatic carbocycles. The Bertz CT molecular complexity index is 381. The minimum Gasteiger partial charge on any atom is -0.493 e. The largest absolute Gasteiger partial charge is 0.493 e. The van der Waals surface area contributed by atoms with Crippen LogP contribution in [0.5, 0.6) is 11.5 Å². The van der Waals surface area contributed by atoms with Gasteiger partial charge in [-0.3, -0.25) is 0 Å². The number of hydrogen-bond donors (Lipinski definition) is 1. The molecule has 0 fully saturated rings. The standard InChI is InChI=1S/C13H19BrO4/c1-4-5-18-8-11(15)9-6-12(16-2)13(17-3)7-10(9)14/h6-7,11,15H,4-5,8H2,1-3H3. The van der Waals surface area contributed by atoms with E-state index in [-0.39, 0.29) is 6.61 Å². The van der Waals surface area contributed by atoms with Gasteiger partial charge in [-0.15, -0.1) is 0 Å². The van der Waals surface area contributed by atoms with E-state index in [4.69, 9.17) is 14.2 Å². The summed E-state index contributed by atoms with van der Waals surface area (Å²) in [5.74, 6) is 1.21. The molecular weight excluding hydrogens is 300 g/mol. The lowest BCUT2D eigenvalue weighted by Gasteiger charge is -2.16. The maximum absolute atomic E-state index is 10.1. The van der Waals surface area contributed by atoms with Crippen molar-refractivity contribution < 1.29 is 19.3 Å². The third kappa shape index (κ3) is 3.86. The highest BCUT2D eigenvalue weighted by molar-refractivity contribution is 9.10. The van der Waals surface area contributed by atoms with Gasteiger partial charge in [0, 0.05) is 16.6 Å². The average molecular weight is 319 g/mol. The molecule has 1 atom stereocenters. The molecule has 102 valence electrons. The van der Waals surface area contributed by atoms with Crippen LogP contribution in [0, 0.1) is 0 Å². The van der Waals surface area contributed by atoms with Gasteiger partial charge in [-0.2, -0.15) is 0 Å². The van der Waals surface area contributed by atoms with Crippen molar-refractivity contribution in [1.29, 1.82) is 0 Å². The molecule has 18 heavy (non-hydrogen) atoms. The third-order valence-electron chi connectivity index (χ3n) is 2.49. The number of halogens is 1. The van der Waals surface area contributed by atoms with Crippen molar-refractivity contribution in [2.24, 2.45) is 0 Å². The fraction of sp³-hybridized carbons (Fsp3) is 0.538. The van der Waals surface area contributed by atoms with Crippen LogP contribution in [0.1, 0.15) is 25.0 Å². The van der Waals surface area contributed by atoms with Gasteiger partial charge in [0.1, 0.15) is 6.10 Å². The van der Waals surface area contributed by atoms with E-state index >= 15 is 0 Å². The molecule has 0 amide bonds. The van der Waals surface area contributed by atoms with Crippen LogP contribution in [0.15, 0.2) is 16.6 Å². The van der Waals surface area contributed by atoms with Crippen LogP contribution in [-0.2, 0) is 4.74 Å². The zero-order valence-corrected chi connectivity index (χ0v) is 12.5. The van der Waals surface area contributed by atoms with Crippen molar-refractivity contribution in [3.8, 4) is 11.5 Å². The second-order valence-corrected chi connectivity index (χ2v) is 4.67. The van der Waals surface area contributed by atoms with Crippen molar-refractivity contribution in [2.45, 2.75) is 19.4 Å². The van der Waals surface area contributed by atoms with E-state index in [1.807, 2.05) is 6.92 Å². The molecular formula is C13H19BrO4. The highest BCUT2D eigenvalue weighted by Gasteiger charge is 2.16. The van der Waals surface area contributed by atoms with Crippen molar-refractivity contribution >= 4 is 15.9 Å². The highest BCUT2D eigenvalue weighted by Crippen LogP contribution is 2.36. The van der Waals surface area contributed by atoms with Gasteiger partial charge in [-0.05, 0) is 18.6 Å². The fourth-order valence-electron chi connectivity index (χ4n) is 1.55. The van der Waals surface area contributed by atoms with Gasteiger partial charge in [0.05, 0.1) is 20.8 Å². The zero-order chi connectivity index (χ0) is 13.5. The minimum atomic E-state index is -0.689. The average Bonchev–Trinajstić information content (AvgIpc) is 2.38. The Hall–Kier alpha value is -0.780. The first-order valence-corrected chi connectivity index (χ1v) is 6.60. The number of rotatable bonds is 7. The van der Waals surface area contributed by atoms with Crippen LogP contribution in [0.25, 0.3) is 0 Å². The molecule has 5 heteroatoms. The van der Waals surface area contributed by atoms with Crippen molar-refractivity contribution in [3.05, 3.63) is 22.2 Å². The van der Waals surface area contributed by atoms with Crippen LogP contribution in [0.3, 0.4) is 0 Å². The second-order valence-electron chi connectivity index (χ2n) is 3.82. The summed E-state index contributed by atoms with van der Waals surface area (Å²) in [7, 11) is 3.14. The number of aliphatic hydroxyl groups is 1. The summed E-state index contributed by atoms with van der Waals surface area (Å²) in [6.45, 7) is 2.93. The summed E-state index contributed by atoms with van der Waals surface area (Å²) in [4.78, 5) is 0. The van der Waals surface area contributed by atoms with Gasteiger partial charge in [0.25, 0.3) is 0 Å². The molecule has 0 bridgehead atoms. The summed E-state index contributed by atoms with van der Waals surface area (Å²) < 4.78 is 16.5. The summed E-state index contributed by atoms with van der Waals surface area (Å²) in [6, 6.07) is 3.53. The van der Waals surface area contributed by atoms with Gasteiger partial charge >= 0.3 is 0 Å². The molecule has 0 saturated carbocycles. The first kappa shape index (κ1) is 15.3. The minimum absolute atomic E-state index is 0.266. The van der Waals surface area contributed by atoms with Gasteiger partial charge < -0.3 is 19.3 Å². The fourth-order valence-corrected chi connectivity index (χ4v) is 2.14. The van der Waals surface area contributed by atoms with E-state index in [9.17, 15) is 5.11 Å². The van der Waals surface area contributed by atoms with E-state index < -0.39 is 6.10 Å². The molecule has 1 N–H and O–H groups in total. The van der Waals surface area contributed by atoms with Gasteiger partial charge in [0.2, 0.25) is 0 Å². The molecule has 0 aliphatic carbocycles. The lowest BCUT2D eigenvalue weighted by Crippen LogP contribution is -2.09.